The van der Waals surface area contributed by atoms with Crippen LogP contribution in [0.15, 0.2) is 0 Å². The molecule has 0 spiro atoms. The maximum Gasteiger partial charge on any atom is 0.158 e. The SMILES string of the molecule is CCC(CC)(Cn1c(CCCl)nc2c(C)nn(C)c21)SC. The number of aromatic nitrogens is 4. The van der Waals surface area contributed by atoms with Crippen LogP contribution < -0.4 is 0 Å². The molecule has 0 fully saturated rings. The van der Waals surface area contributed by atoms with E-state index in [9.17, 15) is 0 Å². The maximum absolute atomic E-state index is 5.97. The van der Waals surface area contributed by atoms with Crippen molar-refractivity contribution in [3.63, 3.8) is 0 Å². The van der Waals surface area contributed by atoms with Crippen LogP contribution in [0.3, 0.4) is 0 Å². The number of aryl methyl sites for hydroxylation is 3. The van der Waals surface area contributed by atoms with E-state index in [-0.39, 0.29) is 4.75 Å². The lowest BCUT2D eigenvalue weighted by atomic mass is 10.0. The minimum absolute atomic E-state index is 0.243. The largest absolute Gasteiger partial charge is 0.311 e. The predicted molar refractivity (Wildman–Crippen MR) is 92.5 cm³/mol. The third-order valence-electron chi connectivity index (χ3n) is 4.46. The van der Waals surface area contributed by atoms with Gasteiger partial charge in [0.1, 0.15) is 11.3 Å². The van der Waals surface area contributed by atoms with Crippen LogP contribution in [0.25, 0.3) is 11.2 Å². The van der Waals surface area contributed by atoms with Crippen molar-refractivity contribution in [2.45, 2.75) is 51.3 Å². The number of hydrogen-bond acceptors (Lipinski definition) is 3. The molecule has 0 amide bonds. The standard InChI is InChI=1S/C15H25ClN4S/c1-6-15(7-2,21-5)10-20-12(8-9-16)17-13-11(3)18-19(4)14(13)20/h6-10H2,1-5H3. The topological polar surface area (TPSA) is 35.6 Å². The molecule has 4 nitrogen and oxygen atoms in total. The lowest BCUT2D eigenvalue weighted by Crippen LogP contribution is -2.30. The first-order chi connectivity index (χ1) is 10.0. The molecule has 0 aliphatic rings. The van der Waals surface area contributed by atoms with Crippen LogP contribution in [0.4, 0.5) is 0 Å². The lowest BCUT2D eigenvalue weighted by molar-refractivity contribution is 0.459. The fraction of sp³-hybridized carbons (Fsp3) is 0.733. The summed E-state index contributed by atoms with van der Waals surface area (Å²) < 4.78 is 4.53. The molecule has 0 saturated carbocycles. The zero-order valence-electron chi connectivity index (χ0n) is 13.6. The van der Waals surface area contributed by atoms with Gasteiger partial charge in [-0.1, -0.05) is 13.8 Å². The predicted octanol–water partition coefficient (Wildman–Crippen LogP) is 3.78. The van der Waals surface area contributed by atoms with E-state index in [0.717, 1.165) is 48.5 Å². The molecule has 0 aliphatic heterocycles. The molecule has 0 atom stereocenters. The molecule has 0 unspecified atom stereocenters. The van der Waals surface area contributed by atoms with Gasteiger partial charge >= 0.3 is 0 Å². The van der Waals surface area contributed by atoms with Crippen molar-refractivity contribution in [3.8, 4) is 0 Å². The lowest BCUT2D eigenvalue weighted by Gasteiger charge is -2.31. The zero-order valence-corrected chi connectivity index (χ0v) is 15.2. The van der Waals surface area contributed by atoms with Gasteiger partial charge < -0.3 is 4.57 Å². The summed E-state index contributed by atoms with van der Waals surface area (Å²) in [4.78, 5) is 4.80. The average molecular weight is 329 g/mol. The quantitative estimate of drug-likeness (QED) is 0.726. The first-order valence-electron chi connectivity index (χ1n) is 7.51. The van der Waals surface area contributed by atoms with Gasteiger partial charge in [0.05, 0.1) is 5.69 Å². The minimum atomic E-state index is 0.243. The molecule has 21 heavy (non-hydrogen) atoms. The summed E-state index contributed by atoms with van der Waals surface area (Å²) in [5.74, 6) is 1.68. The minimum Gasteiger partial charge on any atom is -0.311 e. The number of halogens is 1. The molecular formula is C15H25ClN4S. The molecule has 2 rings (SSSR count). The summed E-state index contributed by atoms with van der Waals surface area (Å²) in [5.41, 5.74) is 3.12. The molecule has 6 heteroatoms. The van der Waals surface area contributed by atoms with E-state index in [1.807, 2.05) is 30.4 Å². The van der Waals surface area contributed by atoms with Gasteiger partial charge in [-0.3, -0.25) is 4.68 Å². The fourth-order valence-electron chi connectivity index (χ4n) is 2.94. The van der Waals surface area contributed by atoms with Crippen LogP contribution in [0.1, 0.15) is 38.2 Å². The first-order valence-corrected chi connectivity index (χ1v) is 9.27. The third kappa shape index (κ3) is 2.95. The summed E-state index contributed by atoms with van der Waals surface area (Å²) in [5, 5.41) is 4.51. The normalized spacial score (nSPS) is 12.5. The molecule has 2 aromatic rings. The van der Waals surface area contributed by atoms with Crippen molar-refractivity contribution in [3.05, 3.63) is 11.5 Å². The van der Waals surface area contributed by atoms with Crippen molar-refractivity contribution in [2.24, 2.45) is 7.05 Å². The smallest absolute Gasteiger partial charge is 0.158 e. The number of thioether (sulfide) groups is 1. The van der Waals surface area contributed by atoms with Crippen molar-refractivity contribution < 1.29 is 0 Å². The molecule has 0 bridgehead atoms. The Labute approximate surface area is 136 Å². The second-order valence-corrected chi connectivity index (χ2v) is 7.18. The average Bonchev–Trinajstić information content (AvgIpc) is 2.96. The zero-order chi connectivity index (χ0) is 15.6. The summed E-state index contributed by atoms with van der Waals surface area (Å²) in [7, 11) is 2.00. The fourth-order valence-corrected chi connectivity index (χ4v) is 3.94. The Balaban J connectivity index is 2.56. The van der Waals surface area contributed by atoms with Gasteiger partial charge in [-0.2, -0.15) is 16.9 Å². The van der Waals surface area contributed by atoms with Crippen molar-refractivity contribution in [1.82, 2.24) is 19.3 Å². The number of alkyl halides is 1. The Kier molecular flexibility index (Phi) is 5.25. The molecule has 2 heterocycles. The van der Waals surface area contributed by atoms with Gasteiger partial charge in [0.25, 0.3) is 0 Å². The molecule has 0 saturated heterocycles. The number of rotatable bonds is 7. The molecular weight excluding hydrogens is 304 g/mol. The molecule has 118 valence electrons. The van der Waals surface area contributed by atoms with E-state index in [2.05, 4.69) is 29.8 Å². The van der Waals surface area contributed by atoms with Gasteiger partial charge in [0, 0.05) is 30.6 Å². The Hall–Kier alpha value is -0.680. The van der Waals surface area contributed by atoms with Crippen molar-refractivity contribution >= 4 is 34.5 Å². The Morgan fingerprint density at radius 1 is 1.29 bits per heavy atom. The van der Waals surface area contributed by atoms with E-state index >= 15 is 0 Å². The summed E-state index contributed by atoms with van der Waals surface area (Å²) in [6, 6.07) is 0. The Bertz CT molecular complexity index is 604. The van der Waals surface area contributed by atoms with E-state index in [1.54, 1.807) is 0 Å². The molecule has 2 aromatic heterocycles. The van der Waals surface area contributed by atoms with Crippen LogP contribution >= 0.6 is 23.4 Å². The van der Waals surface area contributed by atoms with E-state index in [0.29, 0.717) is 5.88 Å². The summed E-state index contributed by atoms with van der Waals surface area (Å²) >= 11 is 7.93. The third-order valence-corrected chi connectivity index (χ3v) is 6.22. The highest BCUT2D eigenvalue weighted by atomic mass is 35.5. The second-order valence-electron chi connectivity index (χ2n) is 5.53. The number of nitrogens with zero attached hydrogens (tertiary/aromatic N) is 4. The van der Waals surface area contributed by atoms with Gasteiger partial charge in [-0.05, 0) is 26.0 Å². The van der Waals surface area contributed by atoms with Gasteiger partial charge in [0.2, 0.25) is 0 Å². The highest BCUT2D eigenvalue weighted by Gasteiger charge is 2.28. The van der Waals surface area contributed by atoms with E-state index in [1.165, 1.54) is 0 Å². The molecule has 0 aliphatic carbocycles. The van der Waals surface area contributed by atoms with E-state index < -0.39 is 0 Å². The number of hydrogen-bond donors (Lipinski definition) is 0. The first kappa shape index (κ1) is 16.7. The molecule has 0 aromatic carbocycles. The van der Waals surface area contributed by atoms with E-state index in [4.69, 9.17) is 16.6 Å². The van der Waals surface area contributed by atoms with Gasteiger partial charge in [-0.15, -0.1) is 11.6 Å². The van der Waals surface area contributed by atoms with Crippen molar-refractivity contribution in [1.29, 1.82) is 0 Å². The molecule has 0 N–H and O–H groups in total. The number of imidazole rings is 1. The second kappa shape index (κ2) is 6.61. The monoisotopic (exact) mass is 328 g/mol. The maximum atomic E-state index is 5.97. The highest BCUT2D eigenvalue weighted by molar-refractivity contribution is 8.00. The van der Waals surface area contributed by atoms with Gasteiger partial charge in [0.15, 0.2) is 5.65 Å². The van der Waals surface area contributed by atoms with Crippen LogP contribution in [0.5, 0.6) is 0 Å². The summed E-state index contributed by atoms with van der Waals surface area (Å²) in [6.45, 7) is 7.52. The van der Waals surface area contributed by atoms with Crippen LogP contribution in [0.2, 0.25) is 0 Å². The van der Waals surface area contributed by atoms with Crippen LogP contribution in [-0.4, -0.2) is 36.2 Å². The Morgan fingerprint density at radius 3 is 2.48 bits per heavy atom. The number of fused-ring (bicyclic) bond motifs is 1. The summed E-state index contributed by atoms with van der Waals surface area (Å²) in [6.07, 6.45) is 5.29. The highest BCUT2D eigenvalue weighted by Crippen LogP contribution is 2.34. The van der Waals surface area contributed by atoms with Crippen LogP contribution in [-0.2, 0) is 20.0 Å². The Morgan fingerprint density at radius 2 is 1.95 bits per heavy atom. The van der Waals surface area contributed by atoms with Crippen molar-refractivity contribution in [2.75, 3.05) is 12.1 Å². The molecule has 0 radical (unpaired) electrons. The van der Waals surface area contributed by atoms with Crippen LogP contribution in [0, 0.1) is 6.92 Å². The van der Waals surface area contributed by atoms with Gasteiger partial charge in [-0.25, -0.2) is 4.98 Å².